The number of nitrogens with zero attached hydrogens (tertiary/aromatic N) is 1. The first-order chi connectivity index (χ1) is 7.15. The van der Waals surface area contributed by atoms with E-state index in [4.69, 9.17) is 4.42 Å². The van der Waals surface area contributed by atoms with Crippen LogP contribution >= 0.6 is 11.8 Å². The van der Waals surface area contributed by atoms with Gasteiger partial charge in [0.1, 0.15) is 11.7 Å². The highest BCUT2D eigenvalue weighted by Crippen LogP contribution is 2.38. The van der Waals surface area contributed by atoms with Crippen molar-refractivity contribution in [3.8, 4) is 0 Å². The summed E-state index contributed by atoms with van der Waals surface area (Å²) in [6.45, 7) is 1.73. The largest absolute Gasteiger partial charge is 0.481 e. The number of aliphatic carboxylic acids is 1. The van der Waals surface area contributed by atoms with Crippen LogP contribution in [0.4, 0.5) is 0 Å². The van der Waals surface area contributed by atoms with Gasteiger partial charge >= 0.3 is 5.97 Å². The number of thioether (sulfide) groups is 1. The molecule has 15 heavy (non-hydrogen) atoms. The minimum absolute atomic E-state index is 0.531. The zero-order valence-electron chi connectivity index (χ0n) is 8.52. The molecule has 1 fully saturated rings. The molecule has 0 amide bonds. The lowest BCUT2D eigenvalue weighted by molar-refractivity contribution is -0.144. The minimum Gasteiger partial charge on any atom is -0.481 e. The fourth-order valence-corrected chi connectivity index (χ4v) is 3.07. The van der Waals surface area contributed by atoms with Crippen molar-refractivity contribution in [3.05, 3.63) is 17.8 Å². The lowest BCUT2D eigenvalue weighted by Crippen LogP contribution is -2.39. The summed E-state index contributed by atoms with van der Waals surface area (Å²) in [6.07, 6.45) is 2.76. The van der Waals surface area contributed by atoms with Crippen LogP contribution in [-0.2, 0) is 10.2 Å². The van der Waals surface area contributed by atoms with E-state index in [0.29, 0.717) is 24.4 Å². The van der Waals surface area contributed by atoms with Crippen LogP contribution in [-0.4, -0.2) is 27.6 Å². The summed E-state index contributed by atoms with van der Waals surface area (Å²) in [5, 5.41) is 9.36. The van der Waals surface area contributed by atoms with Gasteiger partial charge in [-0.15, -0.1) is 0 Å². The standard InChI is InChI=1S/C10H13NO3S/c1-7-11-8(6-14-7)10(9(12)13)2-4-15-5-3-10/h6H,2-5H2,1H3,(H,12,13). The van der Waals surface area contributed by atoms with Gasteiger partial charge in [-0.3, -0.25) is 4.79 Å². The summed E-state index contributed by atoms with van der Waals surface area (Å²) >= 11 is 1.79. The quantitative estimate of drug-likeness (QED) is 0.835. The zero-order valence-corrected chi connectivity index (χ0v) is 9.34. The van der Waals surface area contributed by atoms with Gasteiger partial charge in [-0.25, -0.2) is 4.98 Å². The smallest absolute Gasteiger partial charge is 0.315 e. The predicted molar refractivity (Wildman–Crippen MR) is 57.1 cm³/mol. The molecule has 4 nitrogen and oxygen atoms in total. The summed E-state index contributed by atoms with van der Waals surface area (Å²) in [5.41, 5.74) is -0.240. The van der Waals surface area contributed by atoms with Crippen molar-refractivity contribution >= 4 is 17.7 Å². The molecule has 1 saturated heterocycles. The fraction of sp³-hybridized carbons (Fsp3) is 0.600. The number of carboxylic acid groups (broad SMARTS) is 1. The van der Waals surface area contributed by atoms with E-state index in [9.17, 15) is 9.90 Å². The van der Waals surface area contributed by atoms with E-state index in [0.717, 1.165) is 11.5 Å². The topological polar surface area (TPSA) is 63.3 Å². The Bertz CT molecular complexity index is 368. The van der Waals surface area contributed by atoms with Gasteiger partial charge in [-0.1, -0.05) is 0 Å². The first-order valence-electron chi connectivity index (χ1n) is 4.89. The molecule has 1 N–H and O–H groups in total. The van der Waals surface area contributed by atoms with Crippen LogP contribution < -0.4 is 0 Å². The molecule has 0 radical (unpaired) electrons. The molecule has 2 rings (SSSR count). The zero-order chi connectivity index (χ0) is 10.9. The van der Waals surface area contributed by atoms with Gasteiger partial charge < -0.3 is 9.52 Å². The Balaban J connectivity index is 2.37. The Labute approximate surface area is 92.1 Å². The van der Waals surface area contributed by atoms with Crippen LogP contribution in [0.15, 0.2) is 10.7 Å². The number of hydrogen-bond acceptors (Lipinski definition) is 4. The highest BCUT2D eigenvalue weighted by atomic mass is 32.2. The average molecular weight is 227 g/mol. The third-order valence-electron chi connectivity index (χ3n) is 2.87. The van der Waals surface area contributed by atoms with Gasteiger partial charge in [0.2, 0.25) is 0 Å². The van der Waals surface area contributed by atoms with Crippen molar-refractivity contribution in [2.45, 2.75) is 25.2 Å². The molecular formula is C10H13NO3S. The molecule has 0 saturated carbocycles. The number of carboxylic acids is 1. The van der Waals surface area contributed by atoms with Gasteiger partial charge in [-0.05, 0) is 24.3 Å². The monoisotopic (exact) mass is 227 g/mol. The van der Waals surface area contributed by atoms with E-state index >= 15 is 0 Å². The van der Waals surface area contributed by atoms with Crippen molar-refractivity contribution < 1.29 is 14.3 Å². The van der Waals surface area contributed by atoms with Crippen molar-refractivity contribution in [2.75, 3.05) is 11.5 Å². The fourth-order valence-electron chi connectivity index (χ4n) is 1.88. The Kier molecular flexibility index (Phi) is 2.73. The van der Waals surface area contributed by atoms with E-state index in [2.05, 4.69) is 4.98 Å². The molecule has 0 aromatic carbocycles. The van der Waals surface area contributed by atoms with Gasteiger partial charge in [0, 0.05) is 6.92 Å². The number of oxazole rings is 1. The average Bonchev–Trinajstić information content (AvgIpc) is 2.66. The van der Waals surface area contributed by atoms with E-state index in [1.807, 2.05) is 0 Å². The molecule has 2 heterocycles. The molecule has 0 atom stereocenters. The van der Waals surface area contributed by atoms with E-state index in [1.165, 1.54) is 6.26 Å². The van der Waals surface area contributed by atoms with E-state index in [-0.39, 0.29) is 0 Å². The maximum atomic E-state index is 11.4. The van der Waals surface area contributed by atoms with Crippen LogP contribution in [0.2, 0.25) is 0 Å². The normalized spacial score (nSPS) is 20.1. The summed E-state index contributed by atoms with van der Waals surface area (Å²) < 4.78 is 5.11. The molecule has 0 aliphatic carbocycles. The van der Waals surface area contributed by atoms with Crippen LogP contribution in [0.25, 0.3) is 0 Å². The van der Waals surface area contributed by atoms with Gasteiger partial charge in [-0.2, -0.15) is 11.8 Å². The molecule has 82 valence electrons. The number of aryl methyl sites for hydroxylation is 1. The van der Waals surface area contributed by atoms with Crippen molar-refractivity contribution in [1.29, 1.82) is 0 Å². The summed E-state index contributed by atoms with van der Waals surface area (Å²) in [7, 11) is 0. The Morgan fingerprint density at radius 3 is 2.73 bits per heavy atom. The first kappa shape index (κ1) is 10.5. The summed E-state index contributed by atoms with van der Waals surface area (Å²) in [6, 6.07) is 0. The number of aromatic nitrogens is 1. The molecule has 1 aromatic rings. The van der Waals surface area contributed by atoms with Crippen molar-refractivity contribution in [2.24, 2.45) is 0 Å². The SMILES string of the molecule is Cc1nc(C2(C(=O)O)CCSCC2)co1. The highest BCUT2D eigenvalue weighted by Gasteiger charge is 2.43. The van der Waals surface area contributed by atoms with Crippen molar-refractivity contribution in [1.82, 2.24) is 4.98 Å². The molecule has 0 bridgehead atoms. The van der Waals surface area contributed by atoms with Gasteiger partial charge in [0.05, 0.1) is 5.69 Å². The summed E-state index contributed by atoms with van der Waals surface area (Å²) in [5.74, 6) is 1.50. The lowest BCUT2D eigenvalue weighted by atomic mass is 9.79. The third-order valence-corrected chi connectivity index (χ3v) is 3.85. The number of carbonyl (C=O) groups is 1. The van der Waals surface area contributed by atoms with E-state index < -0.39 is 11.4 Å². The van der Waals surface area contributed by atoms with Crippen molar-refractivity contribution in [3.63, 3.8) is 0 Å². The van der Waals surface area contributed by atoms with Crippen LogP contribution in [0.3, 0.4) is 0 Å². The lowest BCUT2D eigenvalue weighted by Gasteiger charge is -2.30. The number of hydrogen-bond donors (Lipinski definition) is 1. The maximum Gasteiger partial charge on any atom is 0.315 e. The minimum atomic E-state index is -0.816. The molecule has 1 aliphatic heterocycles. The summed E-state index contributed by atoms with van der Waals surface area (Å²) in [4.78, 5) is 15.6. The molecule has 0 spiro atoms. The second kappa shape index (κ2) is 3.89. The molecule has 1 aliphatic rings. The second-order valence-electron chi connectivity index (χ2n) is 3.75. The van der Waals surface area contributed by atoms with Crippen LogP contribution in [0.1, 0.15) is 24.4 Å². The maximum absolute atomic E-state index is 11.4. The van der Waals surface area contributed by atoms with Crippen LogP contribution in [0.5, 0.6) is 0 Å². The Morgan fingerprint density at radius 1 is 1.60 bits per heavy atom. The number of rotatable bonds is 2. The highest BCUT2D eigenvalue weighted by molar-refractivity contribution is 7.99. The third kappa shape index (κ3) is 1.76. The van der Waals surface area contributed by atoms with Gasteiger partial charge in [0.15, 0.2) is 5.89 Å². The van der Waals surface area contributed by atoms with Gasteiger partial charge in [0.25, 0.3) is 0 Å². The second-order valence-corrected chi connectivity index (χ2v) is 4.98. The predicted octanol–water partition coefficient (Wildman–Crippen LogP) is 1.83. The molecule has 5 heteroatoms. The molecule has 1 aromatic heterocycles. The van der Waals surface area contributed by atoms with E-state index in [1.54, 1.807) is 18.7 Å². The molecule has 0 unspecified atom stereocenters. The first-order valence-corrected chi connectivity index (χ1v) is 6.04. The Hall–Kier alpha value is -0.970. The Morgan fingerprint density at radius 2 is 2.27 bits per heavy atom. The van der Waals surface area contributed by atoms with Crippen LogP contribution in [0, 0.1) is 6.92 Å². The molecular weight excluding hydrogens is 214 g/mol.